The van der Waals surface area contributed by atoms with Crippen molar-refractivity contribution in [3.05, 3.63) is 35.5 Å². The Bertz CT molecular complexity index is 568. The van der Waals surface area contributed by atoms with Crippen LogP contribution in [-0.2, 0) is 11.8 Å². The van der Waals surface area contributed by atoms with E-state index >= 15 is 0 Å². The van der Waals surface area contributed by atoms with Crippen molar-refractivity contribution >= 4 is 16.6 Å². The first-order valence-electron chi connectivity index (χ1n) is 6.36. The van der Waals surface area contributed by atoms with Gasteiger partial charge in [0.05, 0.1) is 16.9 Å². The number of aromatic nitrogens is 1. The predicted octanol–water partition coefficient (Wildman–Crippen LogP) is 3.38. The fraction of sp³-hybridized carbons (Fsp3) is 0.400. The normalized spacial score (nSPS) is 11.8. The molecule has 18 heavy (non-hydrogen) atoms. The Morgan fingerprint density at radius 2 is 1.94 bits per heavy atom. The maximum Gasteiger partial charge on any atom is 0.0713 e. The Morgan fingerprint density at radius 3 is 2.50 bits per heavy atom. The molecule has 3 nitrogen and oxygen atoms in total. The highest BCUT2D eigenvalue weighted by atomic mass is 15.2. The highest BCUT2D eigenvalue weighted by Crippen LogP contribution is 2.30. The van der Waals surface area contributed by atoms with Crippen LogP contribution in [0.4, 0.5) is 5.69 Å². The van der Waals surface area contributed by atoms with Gasteiger partial charge in [-0.05, 0) is 30.2 Å². The molecule has 1 aromatic carbocycles. The summed E-state index contributed by atoms with van der Waals surface area (Å²) in [6.45, 7) is 8.58. The third kappa shape index (κ3) is 2.31. The van der Waals surface area contributed by atoms with Crippen molar-refractivity contribution < 1.29 is 0 Å². The number of hydrazine groups is 1. The molecule has 3 heteroatoms. The molecule has 0 unspecified atom stereocenters. The molecule has 0 saturated carbocycles. The topological polar surface area (TPSA) is 50.9 Å². The van der Waals surface area contributed by atoms with Crippen molar-refractivity contribution in [1.82, 2.24) is 4.98 Å². The number of anilines is 1. The Labute approximate surface area is 108 Å². The van der Waals surface area contributed by atoms with E-state index in [-0.39, 0.29) is 5.41 Å². The van der Waals surface area contributed by atoms with Gasteiger partial charge in [0, 0.05) is 10.8 Å². The zero-order valence-corrected chi connectivity index (χ0v) is 11.5. The molecule has 0 saturated heterocycles. The van der Waals surface area contributed by atoms with Crippen molar-refractivity contribution in [3.63, 3.8) is 0 Å². The second-order valence-electron chi connectivity index (χ2n) is 5.66. The third-order valence-electron chi connectivity index (χ3n) is 3.15. The van der Waals surface area contributed by atoms with Gasteiger partial charge in [-0.2, -0.15) is 0 Å². The summed E-state index contributed by atoms with van der Waals surface area (Å²) in [5, 5.41) is 1.13. The van der Waals surface area contributed by atoms with E-state index < -0.39 is 0 Å². The fourth-order valence-corrected chi connectivity index (χ4v) is 2.13. The van der Waals surface area contributed by atoms with E-state index in [1.54, 1.807) is 0 Å². The molecule has 0 amide bonds. The first kappa shape index (κ1) is 12.8. The molecule has 0 aliphatic rings. The molecule has 0 bridgehead atoms. The highest BCUT2D eigenvalue weighted by molar-refractivity contribution is 5.83. The van der Waals surface area contributed by atoms with Gasteiger partial charge in [-0.15, -0.1) is 0 Å². The van der Waals surface area contributed by atoms with Crippen LogP contribution in [0.3, 0.4) is 0 Å². The predicted molar refractivity (Wildman–Crippen MR) is 77.6 cm³/mol. The van der Waals surface area contributed by atoms with Crippen molar-refractivity contribution in [2.45, 2.75) is 39.5 Å². The molecule has 1 heterocycles. The van der Waals surface area contributed by atoms with Crippen LogP contribution in [0.25, 0.3) is 10.9 Å². The molecule has 0 aliphatic carbocycles. The van der Waals surface area contributed by atoms with E-state index in [1.807, 2.05) is 0 Å². The number of fused-ring (bicyclic) bond motifs is 1. The van der Waals surface area contributed by atoms with Gasteiger partial charge in [0.25, 0.3) is 0 Å². The lowest BCUT2D eigenvalue weighted by atomic mass is 9.89. The summed E-state index contributed by atoms with van der Waals surface area (Å²) in [7, 11) is 0. The second kappa shape index (κ2) is 4.58. The van der Waals surface area contributed by atoms with Crippen molar-refractivity contribution in [2.24, 2.45) is 5.84 Å². The van der Waals surface area contributed by atoms with E-state index in [9.17, 15) is 0 Å². The van der Waals surface area contributed by atoms with E-state index in [2.05, 4.69) is 57.4 Å². The smallest absolute Gasteiger partial charge is 0.0713 e. The molecule has 3 N–H and O–H groups in total. The van der Waals surface area contributed by atoms with Gasteiger partial charge in [-0.3, -0.25) is 10.8 Å². The molecule has 1 aromatic heterocycles. The highest BCUT2D eigenvalue weighted by Gasteiger charge is 2.20. The Hall–Kier alpha value is -1.61. The van der Waals surface area contributed by atoms with Crippen molar-refractivity contribution in [3.8, 4) is 0 Å². The minimum absolute atomic E-state index is 0.0285. The molecule has 2 aromatic rings. The minimum Gasteiger partial charge on any atom is -0.322 e. The van der Waals surface area contributed by atoms with Gasteiger partial charge < -0.3 is 5.43 Å². The van der Waals surface area contributed by atoms with Crippen molar-refractivity contribution in [2.75, 3.05) is 5.43 Å². The van der Waals surface area contributed by atoms with Crippen LogP contribution in [0.15, 0.2) is 24.3 Å². The molecular weight excluding hydrogens is 222 g/mol. The number of nitrogen functional groups attached to an aromatic ring is 1. The third-order valence-corrected chi connectivity index (χ3v) is 3.15. The molecule has 0 atom stereocenters. The summed E-state index contributed by atoms with van der Waals surface area (Å²) in [5.74, 6) is 5.62. The average molecular weight is 243 g/mol. The Balaban J connectivity index is 2.68. The van der Waals surface area contributed by atoms with E-state index in [4.69, 9.17) is 10.8 Å². The number of hydrogen-bond acceptors (Lipinski definition) is 3. The monoisotopic (exact) mass is 243 g/mol. The minimum atomic E-state index is -0.0285. The number of nitrogens with zero attached hydrogens (tertiary/aromatic N) is 1. The lowest BCUT2D eigenvalue weighted by Gasteiger charge is -2.22. The van der Waals surface area contributed by atoms with Crippen LogP contribution < -0.4 is 11.3 Å². The van der Waals surface area contributed by atoms with Gasteiger partial charge in [0.2, 0.25) is 0 Å². The summed E-state index contributed by atoms with van der Waals surface area (Å²) >= 11 is 0. The molecule has 96 valence electrons. The second-order valence-corrected chi connectivity index (χ2v) is 5.66. The first-order valence-corrected chi connectivity index (χ1v) is 6.36. The van der Waals surface area contributed by atoms with Gasteiger partial charge >= 0.3 is 0 Å². The lowest BCUT2D eigenvalue weighted by Crippen LogP contribution is -2.19. The van der Waals surface area contributed by atoms with Gasteiger partial charge in [-0.25, -0.2) is 0 Å². The largest absolute Gasteiger partial charge is 0.322 e. The number of pyridine rings is 1. The standard InChI is InChI=1S/C15H21N3/c1-5-10-6-7-12-11(8-10)9-13(18-16)14(17-12)15(2,3)4/h6-9,18H,5,16H2,1-4H3. The zero-order valence-electron chi connectivity index (χ0n) is 11.5. The summed E-state index contributed by atoms with van der Waals surface area (Å²) < 4.78 is 0. The molecule has 0 radical (unpaired) electrons. The number of nitrogens with two attached hydrogens (primary N) is 1. The summed E-state index contributed by atoms with van der Waals surface area (Å²) in [6, 6.07) is 8.48. The van der Waals surface area contributed by atoms with E-state index in [1.165, 1.54) is 5.56 Å². The molecule has 0 spiro atoms. The van der Waals surface area contributed by atoms with Gasteiger partial charge in [0.1, 0.15) is 0 Å². The van der Waals surface area contributed by atoms with Crippen LogP contribution in [0.2, 0.25) is 0 Å². The number of aryl methyl sites for hydroxylation is 1. The Kier molecular flexibility index (Phi) is 3.26. The maximum absolute atomic E-state index is 5.62. The molecule has 0 fully saturated rings. The SMILES string of the molecule is CCc1ccc2nc(C(C)(C)C)c(NN)cc2c1. The number of benzene rings is 1. The molecular formula is C15H21N3. The zero-order chi connectivity index (χ0) is 13.3. The lowest BCUT2D eigenvalue weighted by molar-refractivity contribution is 0.573. The summed E-state index contributed by atoms with van der Waals surface area (Å²) in [6.07, 6.45) is 1.03. The van der Waals surface area contributed by atoms with E-state index in [0.29, 0.717) is 0 Å². The number of rotatable bonds is 2. The number of nitrogens with one attached hydrogen (secondary N) is 1. The van der Waals surface area contributed by atoms with Crippen LogP contribution in [0.5, 0.6) is 0 Å². The number of hydrogen-bond donors (Lipinski definition) is 2. The molecule has 0 aliphatic heterocycles. The van der Waals surface area contributed by atoms with Crippen LogP contribution in [0.1, 0.15) is 39.0 Å². The van der Waals surface area contributed by atoms with Gasteiger partial charge in [-0.1, -0.05) is 33.8 Å². The molecule has 2 rings (SSSR count). The van der Waals surface area contributed by atoms with Crippen LogP contribution in [0, 0.1) is 0 Å². The fourth-order valence-electron chi connectivity index (χ4n) is 2.13. The summed E-state index contributed by atoms with van der Waals surface area (Å²) in [5.41, 5.74) is 6.99. The van der Waals surface area contributed by atoms with E-state index in [0.717, 1.165) is 28.7 Å². The maximum atomic E-state index is 5.62. The Morgan fingerprint density at radius 1 is 1.22 bits per heavy atom. The quantitative estimate of drug-likeness (QED) is 0.628. The average Bonchev–Trinajstić information content (AvgIpc) is 2.35. The van der Waals surface area contributed by atoms with Crippen molar-refractivity contribution in [1.29, 1.82) is 0 Å². The first-order chi connectivity index (χ1) is 8.45. The van der Waals surface area contributed by atoms with Crippen LogP contribution in [-0.4, -0.2) is 4.98 Å². The van der Waals surface area contributed by atoms with Crippen LogP contribution >= 0.6 is 0 Å². The summed E-state index contributed by atoms with van der Waals surface area (Å²) in [4.78, 5) is 4.75. The van der Waals surface area contributed by atoms with Gasteiger partial charge in [0.15, 0.2) is 0 Å².